The molecule has 2 amide bonds. The van der Waals surface area contributed by atoms with E-state index < -0.39 is 45.6 Å². The summed E-state index contributed by atoms with van der Waals surface area (Å²) >= 11 is 0. The number of amides is 2. The van der Waals surface area contributed by atoms with Crippen LogP contribution in [0.3, 0.4) is 0 Å². The fourth-order valence-corrected chi connectivity index (χ4v) is 7.80. The van der Waals surface area contributed by atoms with E-state index >= 15 is 4.79 Å². The molecule has 2 aromatic carbocycles. The number of carboxylic acid groups (broad SMARTS) is 2. The van der Waals surface area contributed by atoms with Gasteiger partial charge in [-0.2, -0.15) is 0 Å². The summed E-state index contributed by atoms with van der Waals surface area (Å²) in [5, 5.41) is 26.6. The number of fused-ring (bicyclic) bond motifs is 1. The maximum absolute atomic E-state index is 15.2. The van der Waals surface area contributed by atoms with E-state index in [2.05, 4.69) is 4.98 Å². The quantitative estimate of drug-likeness (QED) is 0.254. The SMILES string of the molecule is COc1ccc(S(=O)(=O)N2C(=O)C(c3cccnc3OC)(N3C[C@H](O)C[C@H]3C(=O)N(C)C)c3cc(C)ccc32)c(OC)c1.O=C(O)/C=C/C(=O)O. The Labute approximate surface area is 294 Å². The van der Waals surface area contributed by atoms with Crippen LogP contribution >= 0.6 is 0 Å². The van der Waals surface area contributed by atoms with Crippen molar-refractivity contribution in [3.05, 3.63) is 83.6 Å². The van der Waals surface area contributed by atoms with Gasteiger partial charge in [0, 0.05) is 56.2 Å². The Morgan fingerprint density at radius 3 is 2.20 bits per heavy atom. The topological polar surface area (TPSA) is 213 Å². The highest BCUT2D eigenvalue weighted by atomic mass is 32.2. The Balaban J connectivity index is 0.000000652. The zero-order valence-electron chi connectivity index (χ0n) is 28.6. The highest BCUT2D eigenvalue weighted by molar-refractivity contribution is 7.93. The standard InChI is InChI=1S/C30H34N4O8S.C4H4O4/c1-18-9-11-23-22(14-18)30(21-8-7-13-31-27(21)42-6,33-17-19(35)15-24(33)28(36)32(2)3)29(37)34(23)43(38,39)26-12-10-20(40-4)16-25(26)41-5;5-3(6)1-2-4(7)8/h7-14,16,19,24,35H,15,17H2,1-6H3;1-2H,(H,5,6)(H,7,8)/b;2-1+/t19-,24+,30?;/m1./s1. The summed E-state index contributed by atoms with van der Waals surface area (Å²) in [5.41, 5.74) is -0.529. The van der Waals surface area contributed by atoms with Gasteiger partial charge in [0.25, 0.3) is 15.9 Å². The predicted molar refractivity (Wildman–Crippen MR) is 181 cm³/mol. The molecule has 1 aromatic heterocycles. The first-order valence-electron chi connectivity index (χ1n) is 15.3. The smallest absolute Gasteiger partial charge is 0.328 e. The van der Waals surface area contributed by atoms with Gasteiger partial charge in [-0.25, -0.2) is 27.3 Å². The monoisotopic (exact) mass is 726 g/mol. The van der Waals surface area contributed by atoms with Crippen LogP contribution in [0.5, 0.6) is 17.4 Å². The average Bonchev–Trinajstić information content (AvgIpc) is 3.61. The zero-order chi connectivity index (χ0) is 37.8. The predicted octanol–water partition coefficient (Wildman–Crippen LogP) is 1.63. The number of likely N-dealkylation sites (tertiary alicyclic amines) is 1. The number of benzene rings is 2. The van der Waals surface area contributed by atoms with Crippen molar-refractivity contribution in [2.24, 2.45) is 0 Å². The average molecular weight is 727 g/mol. The lowest BCUT2D eigenvalue weighted by molar-refractivity contribution is -0.138. The van der Waals surface area contributed by atoms with Crippen LogP contribution in [0.25, 0.3) is 0 Å². The molecule has 5 rings (SSSR count). The number of aryl methyl sites for hydroxylation is 1. The number of nitrogens with zero attached hydrogens (tertiary/aromatic N) is 4. The Bertz CT molecular complexity index is 1970. The largest absolute Gasteiger partial charge is 0.497 e. The lowest BCUT2D eigenvalue weighted by Gasteiger charge is -2.41. The fourth-order valence-electron chi connectivity index (χ4n) is 6.19. The molecule has 0 spiro atoms. The molecule has 1 fully saturated rings. The van der Waals surface area contributed by atoms with Gasteiger partial charge >= 0.3 is 11.9 Å². The summed E-state index contributed by atoms with van der Waals surface area (Å²) in [6.07, 6.45) is 1.67. The molecule has 2 aliphatic rings. The van der Waals surface area contributed by atoms with Gasteiger partial charge in [-0.05, 0) is 43.7 Å². The lowest BCUT2D eigenvalue weighted by atomic mass is 9.81. The number of carboxylic acids is 2. The van der Waals surface area contributed by atoms with Gasteiger partial charge in [0.1, 0.15) is 16.4 Å². The molecule has 1 saturated heterocycles. The summed E-state index contributed by atoms with van der Waals surface area (Å²) in [6.45, 7) is 1.72. The van der Waals surface area contributed by atoms with Crippen molar-refractivity contribution in [3.63, 3.8) is 0 Å². The molecule has 1 unspecified atom stereocenters. The van der Waals surface area contributed by atoms with Crippen molar-refractivity contribution < 1.29 is 57.1 Å². The first-order valence-corrected chi connectivity index (χ1v) is 16.7. The Morgan fingerprint density at radius 1 is 0.961 bits per heavy atom. The third-order valence-electron chi connectivity index (χ3n) is 8.30. The van der Waals surface area contributed by atoms with Crippen LogP contribution in [0.4, 0.5) is 5.69 Å². The van der Waals surface area contributed by atoms with E-state index in [1.807, 2.05) is 6.92 Å². The van der Waals surface area contributed by atoms with Crippen molar-refractivity contribution in [1.82, 2.24) is 14.8 Å². The number of aliphatic hydroxyl groups excluding tert-OH is 1. The number of methoxy groups -OCH3 is 3. The van der Waals surface area contributed by atoms with Gasteiger partial charge in [0.15, 0.2) is 5.54 Å². The van der Waals surface area contributed by atoms with E-state index in [0.717, 1.165) is 9.87 Å². The molecule has 51 heavy (non-hydrogen) atoms. The number of sulfonamides is 1. The maximum Gasteiger partial charge on any atom is 0.328 e. The summed E-state index contributed by atoms with van der Waals surface area (Å²) < 4.78 is 46.1. The number of carbonyl (C=O) groups excluding carboxylic acids is 2. The van der Waals surface area contributed by atoms with Gasteiger partial charge < -0.3 is 34.4 Å². The number of hydrogen-bond acceptors (Lipinski definition) is 12. The molecule has 0 aliphatic carbocycles. The number of aromatic nitrogens is 1. The van der Waals surface area contributed by atoms with Crippen molar-refractivity contribution in [2.75, 3.05) is 46.3 Å². The maximum atomic E-state index is 15.2. The second-order valence-electron chi connectivity index (χ2n) is 11.7. The molecule has 3 heterocycles. The molecule has 0 bridgehead atoms. The van der Waals surface area contributed by atoms with Gasteiger partial charge in [-0.15, -0.1) is 0 Å². The van der Waals surface area contributed by atoms with Crippen LogP contribution in [0.2, 0.25) is 0 Å². The Morgan fingerprint density at radius 2 is 1.63 bits per heavy atom. The number of β-amino-alcohol motifs (C(OH)–C–C–N with tert-alkyl or cyclic N) is 1. The molecule has 3 aromatic rings. The number of aliphatic hydroxyl groups is 1. The van der Waals surface area contributed by atoms with E-state index in [4.69, 9.17) is 24.4 Å². The van der Waals surface area contributed by atoms with Crippen molar-refractivity contribution in [3.8, 4) is 17.4 Å². The van der Waals surface area contributed by atoms with Crippen molar-refractivity contribution in [2.45, 2.75) is 35.9 Å². The minimum atomic E-state index is -4.62. The molecule has 3 atom stereocenters. The van der Waals surface area contributed by atoms with E-state index in [1.165, 1.54) is 50.6 Å². The van der Waals surface area contributed by atoms with Crippen molar-refractivity contribution in [1.29, 1.82) is 0 Å². The second-order valence-corrected chi connectivity index (χ2v) is 13.4. The highest BCUT2D eigenvalue weighted by Gasteiger charge is 2.64. The van der Waals surface area contributed by atoms with Crippen LogP contribution in [-0.2, 0) is 34.7 Å². The Kier molecular flexibility index (Phi) is 11.4. The zero-order valence-corrected chi connectivity index (χ0v) is 29.4. The van der Waals surface area contributed by atoms with E-state index in [9.17, 15) is 27.9 Å². The van der Waals surface area contributed by atoms with Crippen LogP contribution in [0.1, 0.15) is 23.1 Å². The molecule has 3 N–H and O–H groups in total. The van der Waals surface area contributed by atoms with Gasteiger partial charge in [-0.3, -0.25) is 14.5 Å². The van der Waals surface area contributed by atoms with E-state index in [-0.39, 0.29) is 46.6 Å². The Hall–Kier alpha value is -5.52. The number of ether oxygens (including phenoxy) is 3. The fraction of sp³-hybridized carbons (Fsp3) is 0.324. The molecular weight excluding hydrogens is 688 g/mol. The summed E-state index contributed by atoms with van der Waals surface area (Å²) in [7, 11) is 2.72. The first-order chi connectivity index (χ1) is 24.1. The van der Waals surface area contributed by atoms with Crippen molar-refractivity contribution >= 4 is 39.5 Å². The van der Waals surface area contributed by atoms with Crippen LogP contribution in [0.15, 0.2) is 71.8 Å². The van der Waals surface area contributed by atoms with Crippen LogP contribution < -0.4 is 18.5 Å². The second kappa shape index (κ2) is 15.2. The number of anilines is 1. The van der Waals surface area contributed by atoms with E-state index in [0.29, 0.717) is 23.5 Å². The molecule has 0 saturated carbocycles. The first kappa shape index (κ1) is 38.3. The number of likely N-dealkylation sites (N-methyl/N-ethyl adjacent to an activating group) is 1. The van der Waals surface area contributed by atoms with Gasteiger partial charge in [0.05, 0.1) is 39.2 Å². The molecule has 0 radical (unpaired) electrons. The molecule has 16 nitrogen and oxygen atoms in total. The minimum absolute atomic E-state index is 0.0190. The molecular formula is C34H38N4O12S. The summed E-state index contributed by atoms with van der Waals surface area (Å²) in [5.74, 6) is -3.32. The third-order valence-corrected chi connectivity index (χ3v) is 10.0. The third kappa shape index (κ3) is 7.08. The molecule has 17 heteroatoms. The lowest BCUT2D eigenvalue weighted by Crippen LogP contribution is -2.59. The van der Waals surface area contributed by atoms with Gasteiger partial charge in [-0.1, -0.05) is 17.7 Å². The molecule has 272 valence electrons. The number of rotatable bonds is 10. The van der Waals surface area contributed by atoms with E-state index in [1.54, 1.807) is 49.3 Å². The normalized spacial score (nSPS) is 20.0. The number of pyridine rings is 1. The number of aliphatic carboxylic acids is 2. The minimum Gasteiger partial charge on any atom is -0.497 e. The van der Waals surface area contributed by atoms with Gasteiger partial charge in [0.2, 0.25) is 11.8 Å². The summed E-state index contributed by atoms with van der Waals surface area (Å²) in [4.78, 5) is 54.9. The molecule has 2 aliphatic heterocycles. The number of carbonyl (C=O) groups is 4. The summed E-state index contributed by atoms with van der Waals surface area (Å²) in [6, 6.07) is 11.5. The van der Waals surface area contributed by atoms with Crippen LogP contribution in [0, 0.1) is 6.92 Å². The highest BCUT2D eigenvalue weighted by Crippen LogP contribution is 2.54. The van der Waals surface area contributed by atoms with Crippen LogP contribution in [-0.4, -0.2) is 116 Å². The number of hydrogen-bond donors (Lipinski definition) is 3.